The van der Waals surface area contributed by atoms with Crippen LogP contribution in [-0.2, 0) is 10.0 Å². The van der Waals surface area contributed by atoms with Gasteiger partial charge < -0.3 is 15.3 Å². The van der Waals surface area contributed by atoms with Crippen molar-refractivity contribution in [3.05, 3.63) is 18.2 Å². The summed E-state index contributed by atoms with van der Waals surface area (Å²) in [4.78, 5) is 14.9. The van der Waals surface area contributed by atoms with Gasteiger partial charge >= 0.3 is 6.03 Å². The number of carbonyl (C=O) groups excluding carboxylic acids is 1. The summed E-state index contributed by atoms with van der Waals surface area (Å²) in [7, 11) is -3.80. The van der Waals surface area contributed by atoms with Gasteiger partial charge in [0.15, 0.2) is 5.52 Å². The fourth-order valence-electron chi connectivity index (χ4n) is 5.14. The first-order valence-corrected chi connectivity index (χ1v) is 11.9. The molecule has 10 nitrogen and oxygen atoms in total. The van der Waals surface area contributed by atoms with Crippen molar-refractivity contribution in [2.24, 2.45) is 0 Å². The summed E-state index contributed by atoms with van der Waals surface area (Å²) >= 11 is 0. The van der Waals surface area contributed by atoms with E-state index in [0.717, 1.165) is 19.3 Å². The van der Waals surface area contributed by atoms with E-state index in [0.29, 0.717) is 31.3 Å². The second kappa shape index (κ2) is 7.47. The Balaban J connectivity index is 1.30. The predicted octanol–water partition coefficient (Wildman–Crippen LogP) is 1.07. The molecule has 3 aliphatic heterocycles. The lowest BCUT2D eigenvalue weighted by Gasteiger charge is -2.39. The summed E-state index contributed by atoms with van der Waals surface area (Å²) in [6.45, 7) is 0.596. The van der Waals surface area contributed by atoms with Crippen molar-refractivity contribution < 1.29 is 22.9 Å². The standard InChI is InChI=1S/C19H25N5O5S/c25-15-9-13-6-7-14(10-15)24(13)19(26)20-12-3-2-8-23(11-12)30(27,28)17-5-1-4-16-18(17)22-29-21-16/h1,4-5,12-15,25H,2-3,6-11H2,(H,20,26)/t12-,13-,14+,15?/m0/s1. The van der Waals surface area contributed by atoms with Crippen molar-refractivity contribution in [1.82, 2.24) is 24.8 Å². The highest BCUT2D eigenvalue weighted by molar-refractivity contribution is 7.89. The van der Waals surface area contributed by atoms with Crippen LogP contribution in [0.2, 0.25) is 0 Å². The van der Waals surface area contributed by atoms with Crippen LogP contribution >= 0.6 is 0 Å². The minimum absolute atomic E-state index is 0.0660. The number of urea groups is 1. The van der Waals surface area contributed by atoms with E-state index in [1.165, 1.54) is 10.4 Å². The first-order valence-electron chi connectivity index (χ1n) is 10.4. The molecule has 1 aromatic carbocycles. The van der Waals surface area contributed by atoms with E-state index < -0.39 is 10.0 Å². The third-order valence-corrected chi connectivity index (χ3v) is 8.42. The largest absolute Gasteiger partial charge is 0.393 e. The van der Waals surface area contributed by atoms with Crippen molar-refractivity contribution in [3.63, 3.8) is 0 Å². The maximum atomic E-state index is 13.2. The number of aromatic nitrogens is 2. The van der Waals surface area contributed by atoms with Gasteiger partial charge in [0.25, 0.3) is 0 Å². The fraction of sp³-hybridized carbons (Fsp3) is 0.632. The van der Waals surface area contributed by atoms with Gasteiger partial charge in [-0.1, -0.05) is 6.07 Å². The molecule has 30 heavy (non-hydrogen) atoms. The summed E-state index contributed by atoms with van der Waals surface area (Å²) in [6, 6.07) is 4.49. The van der Waals surface area contributed by atoms with Crippen LogP contribution in [0, 0.1) is 0 Å². The summed E-state index contributed by atoms with van der Waals surface area (Å²) in [6.07, 6.45) is 4.10. The van der Waals surface area contributed by atoms with Crippen molar-refractivity contribution in [2.75, 3.05) is 13.1 Å². The Morgan fingerprint density at radius 2 is 1.93 bits per heavy atom. The van der Waals surface area contributed by atoms with Crippen LogP contribution in [0.5, 0.6) is 0 Å². The molecule has 2 aromatic rings. The number of aliphatic hydroxyl groups excluding tert-OH is 1. The van der Waals surface area contributed by atoms with E-state index in [1.54, 1.807) is 12.1 Å². The highest BCUT2D eigenvalue weighted by Crippen LogP contribution is 2.36. The number of nitrogens with zero attached hydrogens (tertiary/aromatic N) is 4. The van der Waals surface area contributed by atoms with Crippen molar-refractivity contribution in [3.8, 4) is 0 Å². The first kappa shape index (κ1) is 19.7. The molecule has 0 spiro atoms. The monoisotopic (exact) mass is 435 g/mol. The average Bonchev–Trinajstić information content (AvgIpc) is 3.30. The summed E-state index contributed by atoms with van der Waals surface area (Å²) < 4.78 is 32.6. The summed E-state index contributed by atoms with van der Waals surface area (Å²) in [5, 5.41) is 20.5. The SMILES string of the molecule is O=C(N[C@H]1CCCN(S(=O)(=O)c2cccc3nonc23)C1)N1[C@@H]2CC[C@H]1CC(O)C2. The van der Waals surface area contributed by atoms with Crippen LogP contribution in [0.15, 0.2) is 27.7 Å². The minimum atomic E-state index is -3.80. The molecule has 3 fully saturated rings. The number of carbonyl (C=O) groups is 1. The highest BCUT2D eigenvalue weighted by Gasteiger charge is 2.43. The van der Waals surface area contributed by atoms with Gasteiger partial charge in [-0.15, -0.1) is 0 Å². The number of nitrogens with one attached hydrogen (secondary N) is 1. The zero-order valence-corrected chi connectivity index (χ0v) is 17.3. The second-order valence-corrected chi connectivity index (χ2v) is 10.4. The molecule has 4 heterocycles. The molecular formula is C19H25N5O5S. The molecule has 162 valence electrons. The molecule has 1 aromatic heterocycles. The Hall–Kier alpha value is -2.24. The van der Waals surface area contributed by atoms with Gasteiger partial charge in [-0.25, -0.2) is 17.8 Å². The normalized spacial score (nSPS) is 30.0. The Labute approximate surface area is 174 Å². The van der Waals surface area contributed by atoms with E-state index in [2.05, 4.69) is 15.6 Å². The fourth-order valence-corrected chi connectivity index (χ4v) is 6.80. The first-order chi connectivity index (χ1) is 14.4. The number of benzene rings is 1. The van der Waals surface area contributed by atoms with Gasteiger partial charge in [-0.2, -0.15) is 4.31 Å². The van der Waals surface area contributed by atoms with E-state index >= 15 is 0 Å². The Morgan fingerprint density at radius 3 is 2.70 bits per heavy atom. The molecule has 0 radical (unpaired) electrons. The zero-order chi connectivity index (χ0) is 20.9. The lowest BCUT2D eigenvalue weighted by atomic mass is 10.0. The molecule has 11 heteroatoms. The van der Waals surface area contributed by atoms with E-state index in [1.807, 2.05) is 4.90 Å². The van der Waals surface area contributed by atoms with Gasteiger partial charge in [-0.3, -0.25) is 0 Å². The van der Waals surface area contributed by atoms with E-state index in [9.17, 15) is 18.3 Å². The number of fused-ring (bicyclic) bond motifs is 3. The van der Waals surface area contributed by atoms with Gasteiger partial charge in [0.2, 0.25) is 10.0 Å². The van der Waals surface area contributed by atoms with Crippen LogP contribution in [0.3, 0.4) is 0 Å². The van der Waals surface area contributed by atoms with Gasteiger partial charge in [0.05, 0.1) is 6.10 Å². The van der Waals surface area contributed by atoms with Crippen LogP contribution in [0.4, 0.5) is 4.79 Å². The van der Waals surface area contributed by atoms with Crippen molar-refractivity contribution in [2.45, 2.75) is 67.6 Å². The Kier molecular flexibility index (Phi) is 4.91. The zero-order valence-electron chi connectivity index (χ0n) is 16.5. The molecule has 3 saturated heterocycles. The van der Waals surface area contributed by atoms with Crippen LogP contribution in [0.1, 0.15) is 38.5 Å². The highest BCUT2D eigenvalue weighted by atomic mass is 32.2. The maximum Gasteiger partial charge on any atom is 0.318 e. The topological polar surface area (TPSA) is 129 Å². The quantitative estimate of drug-likeness (QED) is 0.738. The molecule has 2 amide bonds. The molecule has 2 bridgehead atoms. The smallest absolute Gasteiger partial charge is 0.318 e. The average molecular weight is 436 g/mol. The Bertz CT molecular complexity index is 1040. The summed E-state index contributed by atoms with van der Waals surface area (Å²) in [5.74, 6) is 0. The van der Waals surface area contributed by atoms with Gasteiger partial charge in [0, 0.05) is 31.2 Å². The molecule has 0 saturated carbocycles. The van der Waals surface area contributed by atoms with Gasteiger partial charge in [-0.05, 0) is 61.0 Å². The number of hydrogen-bond donors (Lipinski definition) is 2. The van der Waals surface area contributed by atoms with E-state index in [-0.39, 0.29) is 47.2 Å². The number of aliphatic hydroxyl groups is 1. The molecular weight excluding hydrogens is 410 g/mol. The Morgan fingerprint density at radius 1 is 1.17 bits per heavy atom. The molecule has 3 aliphatic rings. The number of sulfonamides is 1. The predicted molar refractivity (Wildman–Crippen MR) is 106 cm³/mol. The van der Waals surface area contributed by atoms with Crippen LogP contribution in [-0.4, -0.2) is 76.4 Å². The molecule has 0 aliphatic carbocycles. The van der Waals surface area contributed by atoms with Gasteiger partial charge in [0.1, 0.15) is 10.4 Å². The molecule has 5 rings (SSSR count). The van der Waals surface area contributed by atoms with Crippen molar-refractivity contribution >= 4 is 27.1 Å². The van der Waals surface area contributed by atoms with Crippen LogP contribution in [0.25, 0.3) is 11.0 Å². The maximum absolute atomic E-state index is 13.2. The summed E-state index contributed by atoms with van der Waals surface area (Å²) in [5.41, 5.74) is 0.604. The van der Waals surface area contributed by atoms with Crippen LogP contribution < -0.4 is 5.32 Å². The second-order valence-electron chi connectivity index (χ2n) is 8.46. The van der Waals surface area contributed by atoms with E-state index in [4.69, 9.17) is 4.63 Å². The molecule has 4 atom stereocenters. The molecule has 2 N–H and O–H groups in total. The third-order valence-electron chi connectivity index (χ3n) is 6.52. The number of amides is 2. The number of rotatable bonds is 3. The molecule has 1 unspecified atom stereocenters. The number of hydrogen-bond acceptors (Lipinski definition) is 7. The van der Waals surface area contributed by atoms with Crippen molar-refractivity contribution in [1.29, 1.82) is 0 Å². The lowest BCUT2D eigenvalue weighted by molar-refractivity contribution is 0.0528. The minimum Gasteiger partial charge on any atom is -0.393 e. The third kappa shape index (κ3) is 3.34. The lowest BCUT2D eigenvalue weighted by Crippen LogP contribution is -2.57. The number of piperidine rings is 2.